The van der Waals surface area contributed by atoms with Crippen LogP contribution in [-0.2, 0) is 0 Å². The van der Waals surface area contributed by atoms with Crippen LogP contribution in [0.5, 0.6) is 0 Å². The Labute approximate surface area is 76.7 Å². The van der Waals surface area contributed by atoms with Gasteiger partial charge in [-0.15, -0.1) is 0 Å². The normalized spacial score (nSPS) is 9.60. The summed E-state index contributed by atoms with van der Waals surface area (Å²) in [5.74, 6) is 0. The van der Waals surface area contributed by atoms with Gasteiger partial charge in [-0.2, -0.15) is 5.10 Å². The molecule has 0 bridgehead atoms. The van der Waals surface area contributed by atoms with Crippen molar-refractivity contribution in [1.82, 2.24) is 9.55 Å². The molecule has 0 saturated carbocycles. The highest BCUT2D eigenvalue weighted by Gasteiger charge is 1.87. The van der Waals surface area contributed by atoms with E-state index in [1.807, 2.05) is 37.6 Å². The van der Waals surface area contributed by atoms with E-state index in [9.17, 15) is 0 Å². The van der Waals surface area contributed by atoms with E-state index in [0.29, 0.717) is 0 Å². The van der Waals surface area contributed by atoms with Crippen LogP contribution in [0, 0.1) is 6.92 Å². The largest absolute Gasteiger partial charge is 0.245 e. The van der Waals surface area contributed by atoms with Gasteiger partial charge in [0.1, 0.15) is 0 Å². The summed E-state index contributed by atoms with van der Waals surface area (Å²) in [6.07, 6.45) is 4.63. The Morgan fingerprint density at radius 3 is 2.40 bits per heavy atom. The van der Waals surface area contributed by atoms with Crippen LogP contribution in [0.2, 0.25) is 0 Å². The van der Waals surface area contributed by atoms with Gasteiger partial charge in [0.15, 0.2) is 0 Å². The third-order valence-corrected chi connectivity index (χ3v) is 2.70. The molecule has 1 aromatic rings. The Bertz CT molecular complexity index is 176. The van der Waals surface area contributed by atoms with E-state index in [1.54, 1.807) is 0 Å². The number of hydrogen-bond donors (Lipinski definition) is 0. The minimum atomic E-state index is 0.726. The van der Waals surface area contributed by atoms with E-state index in [-0.39, 0.29) is 0 Å². The zero-order valence-corrected chi connectivity index (χ0v) is 9.58. The first-order valence-electron chi connectivity index (χ1n) is 3.21. The van der Waals surface area contributed by atoms with Crippen molar-refractivity contribution in [3.8, 4) is 0 Å². The Kier molecular flexibility index (Phi) is 6.33. The van der Waals surface area contributed by atoms with Crippen molar-refractivity contribution in [1.29, 1.82) is 0 Å². The summed E-state index contributed by atoms with van der Waals surface area (Å²) in [4.78, 5) is 0. The first kappa shape index (κ1) is 10.4. The molecule has 0 aliphatic carbocycles. The quantitative estimate of drug-likeness (QED) is 0.566. The molecule has 10 heavy (non-hydrogen) atoms. The lowest BCUT2D eigenvalue weighted by molar-refractivity contribution is 1.01. The average molecular weight is 270 g/mol. The van der Waals surface area contributed by atoms with Gasteiger partial charge in [-0.05, 0) is 34.5 Å². The van der Waals surface area contributed by atoms with Crippen molar-refractivity contribution in [2.45, 2.75) is 20.8 Å². The maximum absolute atomic E-state index is 4.06. The highest BCUT2D eigenvalue weighted by atomic mass is 127. The standard InChI is InChI=1S/C4H6IN2P.C2H6/c1-4-2-6-7(3-4)8-5;1-2/h2-3,8H,1H3;1-2H3. The van der Waals surface area contributed by atoms with Crippen LogP contribution in [-0.4, -0.2) is 9.55 Å². The molecular weight excluding hydrogens is 258 g/mol. The molecule has 2 nitrogen and oxygen atoms in total. The lowest BCUT2D eigenvalue weighted by atomic mass is 10.4. The van der Waals surface area contributed by atoms with E-state index in [0.717, 1.165) is 6.37 Å². The predicted molar refractivity (Wildman–Crippen MR) is 56.0 cm³/mol. The first-order chi connectivity index (χ1) is 4.83. The summed E-state index contributed by atoms with van der Waals surface area (Å²) in [5, 5.41) is 4.06. The Morgan fingerprint density at radius 2 is 2.20 bits per heavy atom. The molecule has 0 radical (unpaired) electrons. The van der Waals surface area contributed by atoms with Gasteiger partial charge < -0.3 is 0 Å². The molecule has 1 atom stereocenters. The summed E-state index contributed by atoms with van der Waals surface area (Å²) in [6, 6.07) is 0. The van der Waals surface area contributed by atoms with Crippen molar-refractivity contribution < 1.29 is 0 Å². The van der Waals surface area contributed by atoms with E-state index in [4.69, 9.17) is 0 Å². The van der Waals surface area contributed by atoms with Gasteiger partial charge in [0.2, 0.25) is 0 Å². The number of rotatable bonds is 1. The molecule has 1 heterocycles. The Morgan fingerprint density at radius 1 is 1.60 bits per heavy atom. The molecule has 1 aromatic heterocycles. The summed E-state index contributed by atoms with van der Waals surface area (Å²) >= 11 is 2.29. The summed E-state index contributed by atoms with van der Waals surface area (Å²) in [7, 11) is 0. The van der Waals surface area contributed by atoms with Gasteiger partial charge in [0.05, 0.1) is 12.6 Å². The number of nitrogens with zero attached hydrogens (tertiary/aromatic N) is 2. The molecule has 58 valence electrons. The molecule has 0 aliphatic rings. The fourth-order valence-electron chi connectivity index (χ4n) is 0.459. The van der Waals surface area contributed by atoms with Gasteiger partial charge >= 0.3 is 0 Å². The van der Waals surface area contributed by atoms with Crippen LogP contribution in [0.15, 0.2) is 12.4 Å². The Hall–Kier alpha value is 0.370. The van der Waals surface area contributed by atoms with Crippen molar-refractivity contribution in [3.05, 3.63) is 18.0 Å². The van der Waals surface area contributed by atoms with Crippen LogP contribution in [0.25, 0.3) is 0 Å². The van der Waals surface area contributed by atoms with Gasteiger partial charge in [0, 0.05) is 6.20 Å². The van der Waals surface area contributed by atoms with E-state index >= 15 is 0 Å². The van der Waals surface area contributed by atoms with Crippen molar-refractivity contribution in [2.24, 2.45) is 0 Å². The molecule has 0 aromatic carbocycles. The molecule has 1 rings (SSSR count). The van der Waals surface area contributed by atoms with Crippen molar-refractivity contribution in [3.63, 3.8) is 0 Å². The topological polar surface area (TPSA) is 17.8 Å². The SMILES string of the molecule is CC.Cc1cnn(PI)c1. The van der Waals surface area contributed by atoms with E-state index < -0.39 is 0 Å². The second-order valence-corrected chi connectivity index (χ2v) is 3.62. The van der Waals surface area contributed by atoms with Gasteiger partial charge in [-0.1, -0.05) is 13.8 Å². The first-order valence-corrected chi connectivity index (χ1v) is 7.27. The minimum absolute atomic E-state index is 0.726. The average Bonchev–Trinajstić information content (AvgIpc) is 2.40. The summed E-state index contributed by atoms with van der Waals surface area (Å²) < 4.78 is 1.93. The molecule has 0 fully saturated rings. The molecule has 1 unspecified atom stereocenters. The zero-order chi connectivity index (χ0) is 7.98. The van der Waals surface area contributed by atoms with Crippen molar-refractivity contribution >= 4 is 28.4 Å². The molecule has 0 saturated heterocycles. The zero-order valence-electron chi connectivity index (χ0n) is 6.43. The highest BCUT2D eigenvalue weighted by Crippen LogP contribution is 2.21. The molecule has 4 heteroatoms. The third kappa shape index (κ3) is 3.52. The van der Waals surface area contributed by atoms with Crippen LogP contribution < -0.4 is 0 Å². The van der Waals surface area contributed by atoms with Crippen LogP contribution in [0.4, 0.5) is 0 Å². The van der Waals surface area contributed by atoms with Crippen molar-refractivity contribution in [2.75, 3.05) is 0 Å². The monoisotopic (exact) mass is 270 g/mol. The van der Waals surface area contributed by atoms with Gasteiger partial charge in [-0.3, -0.25) is 0 Å². The maximum atomic E-state index is 4.06. The third-order valence-electron chi connectivity index (χ3n) is 0.798. The number of aromatic nitrogens is 2. The van der Waals surface area contributed by atoms with Gasteiger partial charge in [-0.25, -0.2) is 4.45 Å². The lowest BCUT2D eigenvalue weighted by Crippen LogP contribution is -1.75. The fraction of sp³-hybridized carbons (Fsp3) is 0.500. The molecule has 0 N–H and O–H groups in total. The number of aryl methyl sites for hydroxylation is 1. The number of hydrogen-bond acceptors (Lipinski definition) is 1. The van der Waals surface area contributed by atoms with Crippen LogP contribution in [0.1, 0.15) is 19.4 Å². The van der Waals surface area contributed by atoms with Gasteiger partial charge in [0.25, 0.3) is 0 Å². The predicted octanol–water partition coefficient (Wildman–Crippen LogP) is 3.01. The summed E-state index contributed by atoms with van der Waals surface area (Å²) in [5.41, 5.74) is 1.23. The van der Waals surface area contributed by atoms with E-state index in [1.165, 1.54) is 5.56 Å². The van der Waals surface area contributed by atoms with Crippen LogP contribution in [0.3, 0.4) is 0 Å². The Balaban J connectivity index is 0.000000371. The lowest BCUT2D eigenvalue weighted by Gasteiger charge is -1.86. The number of halogens is 1. The maximum Gasteiger partial charge on any atom is 0.0677 e. The van der Waals surface area contributed by atoms with Crippen LogP contribution >= 0.6 is 28.4 Å². The fourth-order valence-corrected chi connectivity index (χ4v) is 1.60. The molecule has 0 amide bonds. The summed E-state index contributed by atoms with van der Waals surface area (Å²) in [6.45, 7) is 6.04. The highest BCUT2D eigenvalue weighted by molar-refractivity contribution is 14.2. The molecule has 0 spiro atoms. The smallest absolute Gasteiger partial charge is 0.0677 e. The minimum Gasteiger partial charge on any atom is -0.245 e. The molecule has 0 aliphatic heterocycles. The van der Waals surface area contributed by atoms with E-state index in [2.05, 4.69) is 27.1 Å². The molecular formula is C6H12IN2P. The second-order valence-electron chi connectivity index (χ2n) is 1.55. The second kappa shape index (κ2) is 6.10.